The Hall–Kier alpha value is -1.79. The number of carbonyl (C=O) groups excluding carboxylic acids is 3. The fourth-order valence-electron chi connectivity index (χ4n) is 2.55. The average Bonchev–Trinajstić information content (AvgIpc) is 2.57. The number of esters is 2. The summed E-state index contributed by atoms with van der Waals surface area (Å²) in [4.78, 5) is 36.7. The Morgan fingerprint density at radius 3 is 2.07 bits per heavy atom. The fraction of sp³-hybridized carbons (Fsp3) is 0.857. The van der Waals surface area contributed by atoms with Crippen molar-refractivity contribution in [1.82, 2.24) is 5.32 Å². The first-order valence-electron chi connectivity index (χ1n) is 10.3. The van der Waals surface area contributed by atoms with Gasteiger partial charge in [0.25, 0.3) is 0 Å². The predicted molar refractivity (Wildman–Crippen MR) is 108 cm³/mol. The normalized spacial score (nSPS) is 13.6. The van der Waals surface area contributed by atoms with Crippen LogP contribution in [0.1, 0.15) is 80.6 Å². The number of ether oxygens (including phenoxy) is 3. The SMILES string of the molecule is CCCCCCC(COC(=O)[C@@H](NC(=O)OC(C)(C)C)C(C)C)C(=O)OCC. The molecular formula is C21H39NO6. The lowest BCUT2D eigenvalue weighted by molar-refractivity contribution is -0.156. The molecule has 0 saturated carbocycles. The number of alkyl carbamates (subject to hydrolysis) is 1. The highest BCUT2D eigenvalue weighted by Crippen LogP contribution is 2.15. The molecule has 28 heavy (non-hydrogen) atoms. The number of unbranched alkanes of at least 4 members (excludes halogenated alkanes) is 3. The summed E-state index contributed by atoms with van der Waals surface area (Å²) in [5.74, 6) is -1.61. The number of rotatable bonds is 12. The molecule has 0 fully saturated rings. The van der Waals surface area contributed by atoms with Crippen molar-refractivity contribution in [3.8, 4) is 0 Å². The van der Waals surface area contributed by atoms with Crippen LogP contribution in [0.5, 0.6) is 0 Å². The van der Waals surface area contributed by atoms with E-state index in [0.29, 0.717) is 6.42 Å². The van der Waals surface area contributed by atoms with Gasteiger partial charge in [0.2, 0.25) is 0 Å². The van der Waals surface area contributed by atoms with Crippen molar-refractivity contribution in [2.45, 2.75) is 92.2 Å². The van der Waals surface area contributed by atoms with Gasteiger partial charge in [0, 0.05) is 0 Å². The van der Waals surface area contributed by atoms with E-state index in [1.165, 1.54) is 0 Å². The molecule has 0 radical (unpaired) electrons. The van der Waals surface area contributed by atoms with Crippen LogP contribution in [0.25, 0.3) is 0 Å². The van der Waals surface area contributed by atoms with Gasteiger partial charge in [-0.05, 0) is 40.0 Å². The first-order chi connectivity index (χ1) is 13.0. The third-order valence-corrected chi connectivity index (χ3v) is 4.05. The Morgan fingerprint density at radius 1 is 0.929 bits per heavy atom. The lowest BCUT2D eigenvalue weighted by Crippen LogP contribution is -2.47. The van der Waals surface area contributed by atoms with E-state index in [0.717, 1.165) is 25.7 Å². The summed E-state index contributed by atoms with van der Waals surface area (Å²) >= 11 is 0. The molecule has 2 atom stereocenters. The maximum atomic E-state index is 12.5. The van der Waals surface area contributed by atoms with E-state index in [2.05, 4.69) is 12.2 Å². The smallest absolute Gasteiger partial charge is 0.408 e. The van der Waals surface area contributed by atoms with Gasteiger partial charge in [-0.15, -0.1) is 0 Å². The van der Waals surface area contributed by atoms with Crippen molar-refractivity contribution < 1.29 is 28.6 Å². The van der Waals surface area contributed by atoms with E-state index >= 15 is 0 Å². The molecule has 164 valence electrons. The number of nitrogens with one attached hydrogen (secondary N) is 1. The Balaban J connectivity index is 4.81. The molecule has 7 nitrogen and oxygen atoms in total. The lowest BCUT2D eigenvalue weighted by atomic mass is 10.0. The van der Waals surface area contributed by atoms with E-state index in [1.807, 2.05) is 0 Å². The minimum Gasteiger partial charge on any atom is -0.466 e. The molecule has 0 aromatic carbocycles. The van der Waals surface area contributed by atoms with Crippen LogP contribution in [0.15, 0.2) is 0 Å². The first kappa shape index (κ1) is 26.2. The van der Waals surface area contributed by atoms with Crippen LogP contribution < -0.4 is 5.32 Å². The summed E-state index contributed by atoms with van der Waals surface area (Å²) in [6, 6.07) is -0.849. The second-order valence-corrected chi connectivity index (χ2v) is 8.30. The van der Waals surface area contributed by atoms with Gasteiger partial charge in [-0.1, -0.05) is 46.5 Å². The second kappa shape index (κ2) is 13.4. The number of carbonyl (C=O) groups is 3. The van der Waals surface area contributed by atoms with E-state index in [9.17, 15) is 14.4 Å². The van der Waals surface area contributed by atoms with E-state index in [1.54, 1.807) is 41.5 Å². The Bertz CT molecular complexity index is 484. The summed E-state index contributed by atoms with van der Waals surface area (Å²) in [7, 11) is 0. The second-order valence-electron chi connectivity index (χ2n) is 8.30. The van der Waals surface area contributed by atoms with Gasteiger partial charge in [0.1, 0.15) is 18.2 Å². The molecule has 0 aliphatic carbocycles. The van der Waals surface area contributed by atoms with E-state index in [4.69, 9.17) is 14.2 Å². The molecule has 0 spiro atoms. The van der Waals surface area contributed by atoms with Crippen LogP contribution in [-0.4, -0.2) is 42.9 Å². The van der Waals surface area contributed by atoms with Gasteiger partial charge in [-0.25, -0.2) is 9.59 Å². The Morgan fingerprint density at radius 2 is 1.57 bits per heavy atom. The lowest BCUT2D eigenvalue weighted by Gasteiger charge is -2.25. The molecule has 0 rings (SSSR count). The summed E-state index contributed by atoms with van der Waals surface area (Å²) in [5.41, 5.74) is -0.664. The van der Waals surface area contributed by atoms with Crippen molar-refractivity contribution in [1.29, 1.82) is 0 Å². The highest BCUT2D eigenvalue weighted by Gasteiger charge is 2.30. The van der Waals surface area contributed by atoms with E-state index < -0.39 is 29.6 Å². The van der Waals surface area contributed by atoms with Crippen molar-refractivity contribution in [2.24, 2.45) is 11.8 Å². The molecule has 0 aromatic heterocycles. The third kappa shape index (κ3) is 11.8. The fourth-order valence-corrected chi connectivity index (χ4v) is 2.55. The van der Waals surface area contributed by atoms with Crippen LogP contribution in [-0.2, 0) is 23.8 Å². The molecule has 1 N–H and O–H groups in total. The number of hydrogen-bond donors (Lipinski definition) is 1. The van der Waals surface area contributed by atoms with Crippen molar-refractivity contribution >= 4 is 18.0 Å². The largest absolute Gasteiger partial charge is 0.466 e. The van der Waals surface area contributed by atoms with Crippen molar-refractivity contribution in [3.05, 3.63) is 0 Å². The summed E-state index contributed by atoms with van der Waals surface area (Å²) in [6.45, 7) is 12.9. The highest BCUT2D eigenvalue weighted by molar-refractivity contribution is 5.82. The third-order valence-electron chi connectivity index (χ3n) is 4.05. The minimum absolute atomic E-state index is 0.0526. The molecule has 0 aromatic rings. The van der Waals surface area contributed by atoms with Gasteiger partial charge < -0.3 is 19.5 Å². The molecule has 7 heteroatoms. The Kier molecular flexibility index (Phi) is 12.5. The molecule has 0 bridgehead atoms. The molecule has 0 aliphatic rings. The predicted octanol–water partition coefficient (Wildman–Crippen LogP) is 4.23. The number of amides is 1. The number of hydrogen-bond acceptors (Lipinski definition) is 6. The molecule has 1 amide bonds. The maximum Gasteiger partial charge on any atom is 0.408 e. The minimum atomic E-state index is -0.849. The zero-order valence-electron chi connectivity index (χ0n) is 18.6. The van der Waals surface area contributed by atoms with Crippen molar-refractivity contribution in [3.63, 3.8) is 0 Å². The average molecular weight is 402 g/mol. The zero-order valence-corrected chi connectivity index (χ0v) is 18.6. The van der Waals surface area contributed by atoms with Gasteiger partial charge >= 0.3 is 18.0 Å². The van der Waals surface area contributed by atoms with Gasteiger partial charge in [-0.3, -0.25) is 4.79 Å². The summed E-state index contributed by atoms with van der Waals surface area (Å²) in [6.07, 6.45) is 4.03. The Labute approximate surface area is 169 Å². The van der Waals surface area contributed by atoms with Gasteiger partial charge in [0.05, 0.1) is 12.5 Å². The van der Waals surface area contributed by atoms with Crippen LogP contribution >= 0.6 is 0 Å². The van der Waals surface area contributed by atoms with Crippen LogP contribution in [0.4, 0.5) is 4.79 Å². The highest BCUT2D eigenvalue weighted by atomic mass is 16.6. The zero-order chi connectivity index (χ0) is 21.7. The maximum absolute atomic E-state index is 12.5. The van der Waals surface area contributed by atoms with Gasteiger partial charge in [-0.2, -0.15) is 0 Å². The first-order valence-corrected chi connectivity index (χ1v) is 10.3. The van der Waals surface area contributed by atoms with Crippen molar-refractivity contribution in [2.75, 3.05) is 13.2 Å². The monoisotopic (exact) mass is 401 g/mol. The topological polar surface area (TPSA) is 90.9 Å². The van der Waals surface area contributed by atoms with Crippen LogP contribution in [0.2, 0.25) is 0 Å². The summed E-state index contributed by atoms with van der Waals surface area (Å²) < 4.78 is 15.7. The molecule has 0 heterocycles. The van der Waals surface area contributed by atoms with Crippen LogP contribution in [0.3, 0.4) is 0 Å². The van der Waals surface area contributed by atoms with Crippen LogP contribution in [0, 0.1) is 11.8 Å². The van der Waals surface area contributed by atoms with Gasteiger partial charge in [0.15, 0.2) is 0 Å². The molecular weight excluding hydrogens is 362 g/mol. The standard InChI is InChI=1S/C21H39NO6/c1-8-10-11-12-13-16(18(23)26-9-2)14-27-19(24)17(15(3)4)22-20(25)28-21(5,6)7/h15-17H,8-14H2,1-7H3,(H,22,25)/t16?,17-/m0/s1. The molecule has 0 aliphatic heterocycles. The molecule has 0 saturated heterocycles. The summed E-state index contributed by atoms with van der Waals surface area (Å²) in [5, 5.41) is 2.56. The quantitative estimate of drug-likeness (QED) is 0.299. The molecule has 1 unspecified atom stereocenters. The van der Waals surface area contributed by atoms with E-state index in [-0.39, 0.29) is 25.1 Å².